The number of nitrogens with one attached hydrogen (secondary N) is 1. The van der Waals surface area contributed by atoms with E-state index < -0.39 is 0 Å². The zero-order chi connectivity index (χ0) is 19.3. The lowest BCUT2D eigenvalue weighted by molar-refractivity contribution is 0.0949. The normalized spacial score (nSPS) is 13.1. The zero-order valence-corrected chi connectivity index (χ0v) is 15.6. The minimum absolute atomic E-state index is 0.193. The number of aromatic nitrogens is 1. The second kappa shape index (κ2) is 8.21. The second-order valence-corrected chi connectivity index (χ2v) is 6.97. The van der Waals surface area contributed by atoms with Crippen molar-refractivity contribution < 1.29 is 9.18 Å². The predicted octanol–water partition coefficient (Wildman–Crippen LogP) is 3.76. The highest BCUT2D eigenvalue weighted by Gasteiger charge is 2.17. The third-order valence-electron chi connectivity index (χ3n) is 5.08. The lowest BCUT2D eigenvalue weighted by atomic mass is 9.99. The lowest BCUT2D eigenvalue weighted by Crippen LogP contribution is -2.31. The van der Waals surface area contributed by atoms with Crippen LogP contribution >= 0.6 is 0 Å². The molecule has 0 fully saturated rings. The molecule has 3 aromatic rings. The van der Waals surface area contributed by atoms with Gasteiger partial charge in [0.1, 0.15) is 11.5 Å². The van der Waals surface area contributed by atoms with Gasteiger partial charge in [0, 0.05) is 31.5 Å². The number of carbonyl (C=O) groups excluding carboxylic acids is 1. The molecule has 0 atom stereocenters. The van der Waals surface area contributed by atoms with Crippen molar-refractivity contribution in [2.24, 2.45) is 0 Å². The number of hydrogen-bond acceptors (Lipinski definition) is 3. The van der Waals surface area contributed by atoms with Crippen LogP contribution in [-0.4, -0.2) is 24.0 Å². The molecule has 0 unspecified atom stereocenters. The smallest absolute Gasteiger partial charge is 0.269 e. The van der Waals surface area contributed by atoms with Gasteiger partial charge in [-0.05, 0) is 53.8 Å². The van der Waals surface area contributed by atoms with Gasteiger partial charge >= 0.3 is 0 Å². The summed E-state index contributed by atoms with van der Waals surface area (Å²) in [6.07, 6.45) is 3.33. The number of nitrogens with zero attached hydrogens (tertiary/aromatic N) is 2. The number of halogens is 1. The molecule has 1 aliphatic rings. The second-order valence-electron chi connectivity index (χ2n) is 6.97. The van der Waals surface area contributed by atoms with E-state index in [0.29, 0.717) is 18.7 Å². The van der Waals surface area contributed by atoms with Gasteiger partial charge in [-0.25, -0.2) is 4.39 Å². The molecule has 5 heteroatoms. The van der Waals surface area contributed by atoms with Gasteiger partial charge in [-0.1, -0.05) is 36.4 Å². The fourth-order valence-electron chi connectivity index (χ4n) is 3.52. The largest absolute Gasteiger partial charge is 0.367 e. The van der Waals surface area contributed by atoms with Crippen molar-refractivity contribution in [3.05, 3.63) is 95.1 Å². The third kappa shape index (κ3) is 4.19. The number of carbonyl (C=O) groups is 1. The molecule has 1 amide bonds. The number of anilines is 1. The van der Waals surface area contributed by atoms with Crippen molar-refractivity contribution in [1.82, 2.24) is 10.3 Å². The summed E-state index contributed by atoms with van der Waals surface area (Å²) in [5, 5.41) is 2.89. The number of amides is 1. The number of fused-ring (bicyclic) bond motifs is 1. The van der Waals surface area contributed by atoms with Crippen LogP contribution in [0.3, 0.4) is 0 Å². The molecule has 4 nitrogen and oxygen atoms in total. The third-order valence-corrected chi connectivity index (χ3v) is 5.08. The van der Waals surface area contributed by atoms with E-state index in [-0.39, 0.29) is 11.7 Å². The highest BCUT2D eigenvalue weighted by Crippen LogP contribution is 2.24. The Balaban J connectivity index is 1.38. The fourth-order valence-corrected chi connectivity index (χ4v) is 3.52. The highest BCUT2D eigenvalue weighted by molar-refractivity contribution is 5.93. The lowest BCUT2D eigenvalue weighted by Gasteiger charge is -2.30. The molecule has 2 aromatic carbocycles. The summed E-state index contributed by atoms with van der Waals surface area (Å²) in [6.45, 7) is 2.24. The molecule has 28 heavy (non-hydrogen) atoms. The molecular weight excluding hydrogens is 353 g/mol. The minimum atomic E-state index is -0.255. The molecule has 0 spiro atoms. The summed E-state index contributed by atoms with van der Waals surface area (Å²) in [7, 11) is 0. The monoisotopic (exact) mass is 375 g/mol. The van der Waals surface area contributed by atoms with Gasteiger partial charge in [0.2, 0.25) is 0 Å². The maximum absolute atomic E-state index is 12.9. The van der Waals surface area contributed by atoms with Crippen LogP contribution in [0.25, 0.3) is 0 Å². The van der Waals surface area contributed by atoms with Crippen molar-refractivity contribution in [2.75, 3.05) is 18.0 Å². The number of pyridine rings is 1. The maximum atomic E-state index is 12.9. The van der Waals surface area contributed by atoms with E-state index in [9.17, 15) is 9.18 Å². The SMILES string of the molecule is O=C(NCCc1ccc(F)cc1)c1cc(N2CCc3ccccc3C2)ccn1. The Kier molecular flexibility index (Phi) is 5.33. The topological polar surface area (TPSA) is 45.2 Å². The molecule has 2 heterocycles. The Morgan fingerprint density at radius 3 is 2.68 bits per heavy atom. The molecule has 4 rings (SSSR count). The van der Waals surface area contributed by atoms with Crippen molar-refractivity contribution in [3.63, 3.8) is 0 Å². The summed E-state index contributed by atoms with van der Waals surface area (Å²) < 4.78 is 12.9. The van der Waals surface area contributed by atoms with Gasteiger partial charge in [0.15, 0.2) is 0 Å². The van der Waals surface area contributed by atoms with Crippen LogP contribution in [0.2, 0.25) is 0 Å². The maximum Gasteiger partial charge on any atom is 0.269 e. The molecule has 0 radical (unpaired) electrons. The summed E-state index contributed by atoms with van der Waals surface area (Å²) in [6, 6.07) is 18.6. The minimum Gasteiger partial charge on any atom is -0.367 e. The Morgan fingerprint density at radius 1 is 1.07 bits per heavy atom. The van der Waals surface area contributed by atoms with E-state index >= 15 is 0 Å². The molecule has 0 bridgehead atoms. The van der Waals surface area contributed by atoms with E-state index in [4.69, 9.17) is 0 Å². The van der Waals surface area contributed by atoms with Crippen molar-refractivity contribution in [1.29, 1.82) is 0 Å². The first kappa shape index (κ1) is 18.2. The van der Waals surface area contributed by atoms with Crippen LogP contribution < -0.4 is 10.2 Å². The van der Waals surface area contributed by atoms with Crippen molar-refractivity contribution in [2.45, 2.75) is 19.4 Å². The van der Waals surface area contributed by atoms with Gasteiger partial charge in [0.25, 0.3) is 5.91 Å². The Bertz CT molecular complexity index is 972. The van der Waals surface area contributed by atoms with Gasteiger partial charge in [-0.2, -0.15) is 0 Å². The standard InChI is InChI=1S/C23H22FN3O/c24-20-7-5-17(6-8-20)9-12-26-23(28)22-15-21(10-13-25-22)27-14-11-18-3-1-2-4-19(18)16-27/h1-8,10,13,15H,9,11-12,14,16H2,(H,26,28). The quantitative estimate of drug-likeness (QED) is 0.739. The van der Waals surface area contributed by atoms with Gasteiger partial charge in [-0.3, -0.25) is 9.78 Å². The molecule has 142 valence electrons. The molecule has 0 aliphatic carbocycles. The average molecular weight is 375 g/mol. The molecular formula is C23H22FN3O. The molecule has 0 saturated heterocycles. The Labute approximate surface area is 164 Å². The van der Waals surface area contributed by atoms with Crippen LogP contribution in [0.1, 0.15) is 27.2 Å². The summed E-state index contributed by atoms with van der Waals surface area (Å²) in [5.41, 5.74) is 5.13. The molecule has 1 N–H and O–H groups in total. The van der Waals surface area contributed by atoms with Gasteiger partial charge in [-0.15, -0.1) is 0 Å². The van der Waals surface area contributed by atoms with E-state index in [1.807, 2.05) is 12.1 Å². The Morgan fingerprint density at radius 2 is 1.86 bits per heavy atom. The van der Waals surface area contributed by atoms with Crippen LogP contribution in [0, 0.1) is 5.82 Å². The van der Waals surface area contributed by atoms with Crippen molar-refractivity contribution in [3.8, 4) is 0 Å². The summed E-state index contributed by atoms with van der Waals surface area (Å²) in [4.78, 5) is 19.0. The molecule has 0 saturated carbocycles. The van der Waals surface area contributed by atoms with E-state index in [0.717, 1.165) is 30.8 Å². The molecule has 1 aliphatic heterocycles. The van der Waals surface area contributed by atoms with Crippen LogP contribution in [-0.2, 0) is 19.4 Å². The van der Waals surface area contributed by atoms with E-state index in [1.165, 1.54) is 23.3 Å². The highest BCUT2D eigenvalue weighted by atomic mass is 19.1. The first-order chi connectivity index (χ1) is 13.7. The summed E-state index contributed by atoms with van der Waals surface area (Å²) in [5.74, 6) is -0.449. The van der Waals surface area contributed by atoms with Gasteiger partial charge in [0.05, 0.1) is 0 Å². The first-order valence-electron chi connectivity index (χ1n) is 9.49. The average Bonchev–Trinajstić information content (AvgIpc) is 2.75. The number of benzene rings is 2. The fraction of sp³-hybridized carbons (Fsp3) is 0.217. The Hall–Kier alpha value is -3.21. The van der Waals surface area contributed by atoms with Crippen LogP contribution in [0.5, 0.6) is 0 Å². The number of hydrogen-bond donors (Lipinski definition) is 1. The van der Waals surface area contributed by atoms with Crippen molar-refractivity contribution >= 4 is 11.6 Å². The first-order valence-corrected chi connectivity index (χ1v) is 9.49. The predicted molar refractivity (Wildman–Crippen MR) is 108 cm³/mol. The number of rotatable bonds is 5. The molecule has 1 aromatic heterocycles. The summed E-state index contributed by atoms with van der Waals surface area (Å²) >= 11 is 0. The van der Waals surface area contributed by atoms with Crippen LogP contribution in [0.15, 0.2) is 66.9 Å². The van der Waals surface area contributed by atoms with E-state index in [1.54, 1.807) is 18.3 Å². The van der Waals surface area contributed by atoms with E-state index in [2.05, 4.69) is 39.5 Å². The van der Waals surface area contributed by atoms with Gasteiger partial charge < -0.3 is 10.2 Å². The zero-order valence-electron chi connectivity index (χ0n) is 15.6. The van der Waals surface area contributed by atoms with Crippen LogP contribution in [0.4, 0.5) is 10.1 Å².